The molecule has 1 unspecified atom stereocenters. The van der Waals surface area contributed by atoms with Crippen molar-refractivity contribution in [2.45, 2.75) is 39.7 Å². The number of nitro benzene ring substituents is 1. The lowest BCUT2D eigenvalue weighted by Gasteiger charge is -2.26. The van der Waals surface area contributed by atoms with Gasteiger partial charge in [-0.15, -0.1) is 0 Å². The van der Waals surface area contributed by atoms with E-state index in [1.165, 1.54) is 6.07 Å². The molecule has 0 heterocycles. The average molecular weight is 271 g/mol. The first-order chi connectivity index (χ1) is 8.21. The van der Waals surface area contributed by atoms with Crippen LogP contribution in [-0.4, -0.2) is 11.0 Å². The summed E-state index contributed by atoms with van der Waals surface area (Å²) in [7, 11) is 0. The third-order valence-corrected chi connectivity index (χ3v) is 3.32. The minimum absolute atomic E-state index is 0.00120. The highest BCUT2D eigenvalue weighted by molar-refractivity contribution is 6.30. The van der Waals surface area contributed by atoms with E-state index in [2.05, 4.69) is 20.8 Å². The summed E-state index contributed by atoms with van der Waals surface area (Å²) in [4.78, 5) is 10.5. The van der Waals surface area contributed by atoms with Crippen molar-refractivity contribution in [3.8, 4) is 0 Å². The van der Waals surface area contributed by atoms with Gasteiger partial charge in [0.15, 0.2) is 0 Å². The second-order valence-electron chi connectivity index (χ2n) is 5.54. The van der Waals surface area contributed by atoms with Crippen molar-refractivity contribution in [2.75, 3.05) is 0 Å². The van der Waals surface area contributed by atoms with Gasteiger partial charge in [0.05, 0.1) is 4.92 Å². The smallest absolute Gasteiger partial charge is 0.274 e. The minimum atomic E-state index is -0.399. The van der Waals surface area contributed by atoms with E-state index in [0.29, 0.717) is 23.4 Å². The summed E-state index contributed by atoms with van der Waals surface area (Å²) in [5, 5.41) is 11.3. The number of nitrogens with two attached hydrogens (primary N) is 1. The van der Waals surface area contributed by atoms with Crippen molar-refractivity contribution >= 4 is 17.3 Å². The lowest BCUT2D eigenvalue weighted by Crippen LogP contribution is -2.35. The molecule has 0 spiro atoms. The fraction of sp³-hybridized carbons (Fsp3) is 0.538. The maximum absolute atomic E-state index is 10.9. The highest BCUT2D eigenvalue weighted by atomic mass is 35.5. The van der Waals surface area contributed by atoms with Crippen LogP contribution in [0.15, 0.2) is 18.2 Å². The average Bonchev–Trinajstić information content (AvgIpc) is 2.25. The third kappa shape index (κ3) is 3.96. The molecule has 5 heteroatoms. The molecule has 2 N–H and O–H groups in total. The van der Waals surface area contributed by atoms with Gasteiger partial charge in [-0.2, -0.15) is 0 Å². The Bertz CT molecular complexity index is 441. The van der Waals surface area contributed by atoms with Gasteiger partial charge < -0.3 is 5.73 Å². The second-order valence-corrected chi connectivity index (χ2v) is 5.98. The number of aryl methyl sites for hydroxylation is 1. The molecule has 0 saturated heterocycles. The van der Waals surface area contributed by atoms with E-state index in [1.807, 2.05) is 0 Å². The number of rotatable bonds is 4. The maximum Gasteiger partial charge on any atom is 0.274 e. The SMILES string of the molecule is CC(C)(C)C(N)CCc1ccc(Cl)cc1[N+](=O)[O-]. The second kappa shape index (κ2) is 5.67. The lowest BCUT2D eigenvalue weighted by molar-refractivity contribution is -0.385. The van der Waals surface area contributed by atoms with Crippen molar-refractivity contribution < 1.29 is 4.92 Å². The summed E-state index contributed by atoms with van der Waals surface area (Å²) in [6.45, 7) is 6.19. The molecule has 1 atom stereocenters. The van der Waals surface area contributed by atoms with Crippen LogP contribution in [0.25, 0.3) is 0 Å². The fourth-order valence-electron chi connectivity index (χ4n) is 1.66. The molecule has 0 aliphatic heterocycles. The van der Waals surface area contributed by atoms with E-state index >= 15 is 0 Å². The largest absolute Gasteiger partial charge is 0.327 e. The molecule has 0 fully saturated rings. The van der Waals surface area contributed by atoms with Crippen molar-refractivity contribution in [3.63, 3.8) is 0 Å². The quantitative estimate of drug-likeness (QED) is 0.672. The molecule has 4 nitrogen and oxygen atoms in total. The van der Waals surface area contributed by atoms with Crippen LogP contribution in [0, 0.1) is 15.5 Å². The van der Waals surface area contributed by atoms with Crippen LogP contribution in [0.2, 0.25) is 5.02 Å². The van der Waals surface area contributed by atoms with Crippen LogP contribution >= 0.6 is 11.6 Å². The predicted octanol–water partition coefficient (Wildman–Crippen LogP) is 3.55. The van der Waals surface area contributed by atoms with Gasteiger partial charge >= 0.3 is 0 Å². The number of hydrogen-bond acceptors (Lipinski definition) is 3. The number of nitro groups is 1. The van der Waals surface area contributed by atoms with Crippen molar-refractivity contribution in [3.05, 3.63) is 38.9 Å². The van der Waals surface area contributed by atoms with Gasteiger partial charge in [-0.05, 0) is 24.3 Å². The maximum atomic E-state index is 10.9. The van der Waals surface area contributed by atoms with Gasteiger partial charge in [-0.25, -0.2) is 0 Å². The Morgan fingerprint density at radius 2 is 2.06 bits per heavy atom. The predicted molar refractivity (Wildman–Crippen MR) is 73.9 cm³/mol. The molecule has 0 aliphatic rings. The van der Waals surface area contributed by atoms with Crippen molar-refractivity contribution in [1.29, 1.82) is 0 Å². The molecule has 18 heavy (non-hydrogen) atoms. The molecule has 100 valence electrons. The Morgan fingerprint density at radius 3 is 2.56 bits per heavy atom. The number of halogens is 1. The Morgan fingerprint density at radius 1 is 1.44 bits per heavy atom. The Kier molecular flexibility index (Phi) is 4.71. The van der Waals surface area contributed by atoms with E-state index in [0.717, 1.165) is 0 Å². The minimum Gasteiger partial charge on any atom is -0.327 e. The Hall–Kier alpha value is -1.13. The molecule has 0 saturated carbocycles. The third-order valence-electron chi connectivity index (χ3n) is 3.08. The number of nitrogens with zero attached hydrogens (tertiary/aromatic N) is 1. The molecule has 0 aromatic heterocycles. The topological polar surface area (TPSA) is 69.2 Å². The molecular weight excluding hydrogens is 252 g/mol. The van der Waals surface area contributed by atoms with Crippen LogP contribution in [0.3, 0.4) is 0 Å². The van der Waals surface area contributed by atoms with Gasteiger partial charge in [-0.3, -0.25) is 10.1 Å². The van der Waals surface area contributed by atoms with Crippen molar-refractivity contribution in [1.82, 2.24) is 0 Å². The molecule has 0 amide bonds. The Balaban J connectivity index is 2.82. The first-order valence-corrected chi connectivity index (χ1v) is 6.28. The fourth-order valence-corrected chi connectivity index (χ4v) is 1.83. The molecule has 1 rings (SSSR count). The van der Waals surface area contributed by atoms with Crippen LogP contribution in [0.5, 0.6) is 0 Å². The van der Waals surface area contributed by atoms with Crippen LogP contribution in [-0.2, 0) is 6.42 Å². The van der Waals surface area contributed by atoms with E-state index in [1.54, 1.807) is 12.1 Å². The van der Waals surface area contributed by atoms with Crippen LogP contribution < -0.4 is 5.73 Å². The summed E-state index contributed by atoms with van der Waals surface area (Å²) in [6, 6.07) is 4.77. The Labute approximate surface area is 112 Å². The first-order valence-electron chi connectivity index (χ1n) is 5.90. The van der Waals surface area contributed by atoms with E-state index in [-0.39, 0.29) is 17.1 Å². The van der Waals surface area contributed by atoms with Crippen LogP contribution in [0.4, 0.5) is 5.69 Å². The zero-order valence-electron chi connectivity index (χ0n) is 10.9. The molecule has 0 bridgehead atoms. The molecule has 0 radical (unpaired) electrons. The molecular formula is C13H19ClN2O2. The monoisotopic (exact) mass is 270 g/mol. The zero-order chi connectivity index (χ0) is 13.9. The summed E-state index contributed by atoms with van der Waals surface area (Å²) < 4.78 is 0. The lowest BCUT2D eigenvalue weighted by atomic mass is 9.84. The standard InChI is InChI=1S/C13H19ClN2O2/c1-13(2,3)12(15)7-5-9-4-6-10(14)8-11(9)16(17)18/h4,6,8,12H,5,7,15H2,1-3H3. The van der Waals surface area contributed by atoms with Gasteiger partial charge in [-0.1, -0.05) is 38.4 Å². The molecule has 1 aromatic carbocycles. The van der Waals surface area contributed by atoms with Gasteiger partial charge in [0.1, 0.15) is 0 Å². The number of hydrogen-bond donors (Lipinski definition) is 1. The molecule has 1 aromatic rings. The zero-order valence-corrected chi connectivity index (χ0v) is 11.7. The van der Waals surface area contributed by atoms with Crippen LogP contribution in [0.1, 0.15) is 32.8 Å². The highest BCUT2D eigenvalue weighted by Gasteiger charge is 2.22. The van der Waals surface area contributed by atoms with E-state index < -0.39 is 4.92 Å². The summed E-state index contributed by atoms with van der Waals surface area (Å²) in [5.41, 5.74) is 6.82. The van der Waals surface area contributed by atoms with Gasteiger partial charge in [0, 0.05) is 22.7 Å². The van der Waals surface area contributed by atoms with E-state index in [9.17, 15) is 10.1 Å². The number of benzene rings is 1. The highest BCUT2D eigenvalue weighted by Crippen LogP contribution is 2.27. The normalized spacial score (nSPS) is 13.4. The van der Waals surface area contributed by atoms with Gasteiger partial charge in [0.25, 0.3) is 5.69 Å². The summed E-state index contributed by atoms with van der Waals surface area (Å²) in [5.74, 6) is 0. The van der Waals surface area contributed by atoms with Crippen molar-refractivity contribution in [2.24, 2.45) is 11.1 Å². The van der Waals surface area contributed by atoms with E-state index in [4.69, 9.17) is 17.3 Å². The summed E-state index contributed by atoms with van der Waals surface area (Å²) in [6.07, 6.45) is 1.30. The molecule has 0 aliphatic carbocycles. The summed E-state index contributed by atoms with van der Waals surface area (Å²) >= 11 is 5.77. The first kappa shape index (κ1) is 14.9. The van der Waals surface area contributed by atoms with Gasteiger partial charge in [0.2, 0.25) is 0 Å².